The highest BCUT2D eigenvalue weighted by Gasteiger charge is 2.18. The van der Waals surface area contributed by atoms with Gasteiger partial charge in [-0.2, -0.15) is 0 Å². The first-order valence-electron chi connectivity index (χ1n) is 6.05. The lowest BCUT2D eigenvalue weighted by Gasteiger charge is -2.10. The molecule has 104 valence electrons. The number of sulfone groups is 1. The zero-order chi connectivity index (χ0) is 14.8. The number of hydrogen-bond donors (Lipinski definition) is 1. The van der Waals surface area contributed by atoms with Gasteiger partial charge in [0.25, 0.3) is 5.91 Å². The van der Waals surface area contributed by atoms with Crippen LogP contribution >= 0.6 is 0 Å². The van der Waals surface area contributed by atoms with Crippen LogP contribution in [0.4, 0.5) is 5.69 Å². The van der Waals surface area contributed by atoms with Crippen LogP contribution in [0.1, 0.15) is 15.9 Å². The van der Waals surface area contributed by atoms with Gasteiger partial charge in [-0.05, 0) is 30.7 Å². The molecule has 2 rings (SSSR count). The maximum absolute atomic E-state index is 12.3. The number of benzene rings is 2. The monoisotopic (exact) mass is 289 g/mol. The minimum atomic E-state index is -3.44. The number of carbonyl (C=O) groups excluding carboxylic acids is 1. The fourth-order valence-electron chi connectivity index (χ4n) is 1.88. The van der Waals surface area contributed by atoms with Crippen LogP contribution in [0.2, 0.25) is 0 Å². The standard InChI is InChI=1S/C15H15NO3S/c1-11-7-3-5-9-13(11)16-15(17)12-8-4-6-10-14(12)20(2,18)19/h3-10H,1-2H3,(H,16,17). The van der Waals surface area contributed by atoms with Gasteiger partial charge >= 0.3 is 0 Å². The third-order valence-corrected chi connectivity index (χ3v) is 4.08. The minimum Gasteiger partial charge on any atom is -0.322 e. The predicted octanol–water partition coefficient (Wildman–Crippen LogP) is 2.65. The van der Waals surface area contributed by atoms with Crippen molar-refractivity contribution in [3.63, 3.8) is 0 Å². The first-order valence-corrected chi connectivity index (χ1v) is 7.95. The fraction of sp³-hybridized carbons (Fsp3) is 0.133. The molecule has 0 saturated carbocycles. The summed E-state index contributed by atoms with van der Waals surface area (Å²) < 4.78 is 23.4. The number of carbonyl (C=O) groups is 1. The summed E-state index contributed by atoms with van der Waals surface area (Å²) in [5.74, 6) is -0.430. The topological polar surface area (TPSA) is 63.2 Å². The number of rotatable bonds is 3. The van der Waals surface area contributed by atoms with Gasteiger partial charge in [0, 0.05) is 11.9 Å². The van der Waals surface area contributed by atoms with Crippen molar-refractivity contribution >= 4 is 21.4 Å². The van der Waals surface area contributed by atoms with Crippen LogP contribution < -0.4 is 5.32 Å². The van der Waals surface area contributed by atoms with Crippen molar-refractivity contribution in [1.29, 1.82) is 0 Å². The van der Waals surface area contributed by atoms with Gasteiger partial charge in [0.05, 0.1) is 10.5 Å². The average molecular weight is 289 g/mol. The number of aryl methyl sites for hydroxylation is 1. The zero-order valence-corrected chi connectivity index (χ0v) is 12.1. The Kier molecular flexibility index (Phi) is 3.90. The molecule has 4 nitrogen and oxygen atoms in total. The number of anilines is 1. The van der Waals surface area contributed by atoms with Gasteiger partial charge in [-0.1, -0.05) is 30.3 Å². The van der Waals surface area contributed by atoms with Gasteiger partial charge in [0.1, 0.15) is 0 Å². The molecule has 2 aromatic rings. The van der Waals surface area contributed by atoms with Gasteiger partial charge in [0.2, 0.25) is 0 Å². The molecule has 0 aromatic heterocycles. The predicted molar refractivity (Wildman–Crippen MR) is 78.7 cm³/mol. The molecular weight excluding hydrogens is 274 g/mol. The van der Waals surface area contributed by atoms with E-state index in [1.165, 1.54) is 12.1 Å². The Balaban J connectivity index is 2.39. The van der Waals surface area contributed by atoms with Gasteiger partial charge < -0.3 is 5.32 Å². The van der Waals surface area contributed by atoms with Crippen molar-refractivity contribution in [3.8, 4) is 0 Å². The second-order valence-electron chi connectivity index (χ2n) is 4.54. The van der Waals surface area contributed by atoms with E-state index in [1.807, 2.05) is 25.1 Å². The van der Waals surface area contributed by atoms with E-state index >= 15 is 0 Å². The lowest BCUT2D eigenvalue weighted by molar-refractivity contribution is 0.102. The van der Waals surface area contributed by atoms with Gasteiger partial charge in [-0.25, -0.2) is 8.42 Å². The molecule has 0 atom stereocenters. The highest BCUT2D eigenvalue weighted by molar-refractivity contribution is 7.90. The van der Waals surface area contributed by atoms with Crippen LogP contribution in [-0.2, 0) is 9.84 Å². The van der Waals surface area contributed by atoms with E-state index < -0.39 is 15.7 Å². The number of hydrogen-bond acceptors (Lipinski definition) is 3. The molecule has 0 unspecified atom stereocenters. The largest absolute Gasteiger partial charge is 0.322 e. The second-order valence-corrected chi connectivity index (χ2v) is 6.52. The Bertz CT molecular complexity index is 751. The number of nitrogens with one attached hydrogen (secondary N) is 1. The quantitative estimate of drug-likeness (QED) is 0.944. The van der Waals surface area contributed by atoms with Gasteiger partial charge in [-0.15, -0.1) is 0 Å². The Morgan fingerprint density at radius 2 is 1.60 bits per heavy atom. The molecule has 1 N–H and O–H groups in total. The summed E-state index contributed by atoms with van der Waals surface area (Å²) in [4.78, 5) is 12.3. The molecule has 2 aromatic carbocycles. The summed E-state index contributed by atoms with van der Waals surface area (Å²) in [6, 6.07) is 13.5. The van der Waals surface area contributed by atoms with Crippen LogP contribution in [0, 0.1) is 6.92 Å². The Hall–Kier alpha value is -2.14. The molecule has 5 heteroatoms. The molecule has 1 amide bonds. The van der Waals surface area contributed by atoms with Crippen molar-refractivity contribution in [2.75, 3.05) is 11.6 Å². The molecule has 0 saturated heterocycles. The van der Waals surface area contributed by atoms with Crippen molar-refractivity contribution < 1.29 is 13.2 Å². The van der Waals surface area contributed by atoms with Crippen LogP contribution in [0.25, 0.3) is 0 Å². The summed E-state index contributed by atoms with van der Waals surface area (Å²) in [6.07, 6.45) is 1.09. The summed E-state index contributed by atoms with van der Waals surface area (Å²) >= 11 is 0. The molecule has 0 radical (unpaired) electrons. The smallest absolute Gasteiger partial charge is 0.256 e. The summed E-state index contributed by atoms with van der Waals surface area (Å²) in [6.45, 7) is 1.87. The Labute approximate surface area is 118 Å². The summed E-state index contributed by atoms with van der Waals surface area (Å²) in [5, 5.41) is 2.74. The van der Waals surface area contributed by atoms with E-state index in [-0.39, 0.29) is 10.5 Å². The third kappa shape index (κ3) is 3.05. The van der Waals surface area contributed by atoms with Crippen LogP contribution in [-0.4, -0.2) is 20.6 Å². The maximum atomic E-state index is 12.3. The Morgan fingerprint density at radius 3 is 2.25 bits per heavy atom. The minimum absolute atomic E-state index is 0.0334. The number of para-hydroxylation sites is 1. The maximum Gasteiger partial charge on any atom is 0.256 e. The van der Waals surface area contributed by atoms with Crippen LogP contribution in [0.15, 0.2) is 53.4 Å². The van der Waals surface area contributed by atoms with E-state index in [0.29, 0.717) is 5.69 Å². The first kappa shape index (κ1) is 14.3. The second kappa shape index (κ2) is 5.46. The third-order valence-electron chi connectivity index (χ3n) is 2.92. The van der Waals surface area contributed by atoms with E-state index in [1.54, 1.807) is 18.2 Å². The molecule has 0 bridgehead atoms. The van der Waals surface area contributed by atoms with Gasteiger partial charge in [-0.3, -0.25) is 4.79 Å². The highest BCUT2D eigenvalue weighted by atomic mass is 32.2. The first-order chi connectivity index (χ1) is 9.39. The number of amides is 1. The van der Waals surface area contributed by atoms with Crippen LogP contribution in [0.3, 0.4) is 0 Å². The van der Waals surface area contributed by atoms with Crippen molar-refractivity contribution in [1.82, 2.24) is 0 Å². The lowest BCUT2D eigenvalue weighted by atomic mass is 10.1. The lowest BCUT2D eigenvalue weighted by Crippen LogP contribution is -2.16. The molecule has 20 heavy (non-hydrogen) atoms. The van der Waals surface area contributed by atoms with Gasteiger partial charge in [0.15, 0.2) is 9.84 Å². The molecule has 0 aliphatic heterocycles. The van der Waals surface area contributed by atoms with E-state index in [0.717, 1.165) is 11.8 Å². The molecule has 0 fully saturated rings. The summed E-state index contributed by atoms with van der Waals surface area (Å²) in [5.41, 5.74) is 1.73. The van der Waals surface area contributed by atoms with E-state index in [9.17, 15) is 13.2 Å². The molecule has 0 heterocycles. The molecule has 0 aliphatic rings. The molecule has 0 spiro atoms. The van der Waals surface area contributed by atoms with Crippen molar-refractivity contribution in [2.24, 2.45) is 0 Å². The zero-order valence-electron chi connectivity index (χ0n) is 11.3. The average Bonchev–Trinajstić information content (AvgIpc) is 2.40. The SMILES string of the molecule is Cc1ccccc1NC(=O)c1ccccc1S(C)(=O)=O. The van der Waals surface area contributed by atoms with E-state index in [2.05, 4.69) is 5.32 Å². The van der Waals surface area contributed by atoms with E-state index in [4.69, 9.17) is 0 Å². The summed E-state index contributed by atoms with van der Waals surface area (Å²) in [7, 11) is -3.44. The highest BCUT2D eigenvalue weighted by Crippen LogP contribution is 2.19. The fourth-order valence-corrected chi connectivity index (χ4v) is 2.77. The van der Waals surface area contributed by atoms with Crippen molar-refractivity contribution in [2.45, 2.75) is 11.8 Å². The molecular formula is C15H15NO3S. The normalized spacial score (nSPS) is 11.1. The Morgan fingerprint density at radius 1 is 1.00 bits per heavy atom. The van der Waals surface area contributed by atoms with Crippen molar-refractivity contribution in [3.05, 3.63) is 59.7 Å². The molecule has 0 aliphatic carbocycles. The van der Waals surface area contributed by atoms with Crippen LogP contribution in [0.5, 0.6) is 0 Å².